The van der Waals surface area contributed by atoms with Crippen molar-refractivity contribution in [1.82, 2.24) is 0 Å². The highest BCUT2D eigenvalue weighted by Crippen LogP contribution is 2.30. The van der Waals surface area contributed by atoms with Crippen molar-refractivity contribution in [1.29, 1.82) is 0 Å². The molecule has 1 unspecified atom stereocenters. The number of hydrogen-bond acceptors (Lipinski definition) is 4. The molecule has 0 spiro atoms. The highest BCUT2D eigenvalue weighted by molar-refractivity contribution is 6.30. The first-order valence-electron chi connectivity index (χ1n) is 6.27. The van der Waals surface area contributed by atoms with Gasteiger partial charge < -0.3 is 20.5 Å². The molecule has 0 radical (unpaired) electrons. The van der Waals surface area contributed by atoms with E-state index in [2.05, 4.69) is 10.1 Å². The highest BCUT2D eigenvalue weighted by atomic mass is 35.5. The lowest BCUT2D eigenvalue weighted by molar-refractivity contribution is -0.153. The molecule has 1 aromatic rings. The molecular formula is C13H16ClF3N2O3. The average Bonchev–Trinajstić information content (AvgIpc) is 2.44. The second kappa shape index (κ2) is 8.21. The SMILES string of the molecule is COC(CN)CC(=O)Nc1ccc(Cl)cc1OCC(F)(F)F. The first-order valence-corrected chi connectivity index (χ1v) is 6.64. The van der Waals surface area contributed by atoms with Crippen LogP contribution in [0.5, 0.6) is 5.75 Å². The third-order valence-corrected chi connectivity index (χ3v) is 2.85. The Hall–Kier alpha value is -1.51. The van der Waals surface area contributed by atoms with E-state index < -0.39 is 24.8 Å². The van der Waals surface area contributed by atoms with Crippen molar-refractivity contribution >= 4 is 23.2 Å². The van der Waals surface area contributed by atoms with Gasteiger partial charge in [0.2, 0.25) is 5.91 Å². The fourth-order valence-corrected chi connectivity index (χ4v) is 1.71. The van der Waals surface area contributed by atoms with E-state index in [0.717, 1.165) is 0 Å². The quantitative estimate of drug-likeness (QED) is 0.800. The molecule has 22 heavy (non-hydrogen) atoms. The summed E-state index contributed by atoms with van der Waals surface area (Å²) in [5, 5.41) is 2.63. The zero-order valence-corrected chi connectivity index (χ0v) is 12.5. The Kier molecular flexibility index (Phi) is 6.92. The smallest absolute Gasteiger partial charge is 0.422 e. The van der Waals surface area contributed by atoms with Crippen molar-refractivity contribution in [2.75, 3.05) is 25.6 Å². The molecule has 0 heterocycles. The van der Waals surface area contributed by atoms with E-state index in [0.29, 0.717) is 0 Å². The number of carbonyl (C=O) groups excluding carboxylic acids is 1. The number of anilines is 1. The van der Waals surface area contributed by atoms with Crippen LogP contribution >= 0.6 is 11.6 Å². The molecule has 0 saturated heterocycles. The van der Waals surface area contributed by atoms with E-state index in [1.807, 2.05) is 0 Å². The van der Waals surface area contributed by atoms with Crippen LogP contribution in [0.1, 0.15) is 6.42 Å². The zero-order chi connectivity index (χ0) is 16.8. The van der Waals surface area contributed by atoms with Crippen molar-refractivity contribution in [3.8, 4) is 5.75 Å². The molecule has 0 fully saturated rings. The van der Waals surface area contributed by atoms with Gasteiger partial charge in [-0.3, -0.25) is 4.79 Å². The van der Waals surface area contributed by atoms with E-state index in [-0.39, 0.29) is 29.4 Å². The molecule has 0 aliphatic carbocycles. The molecule has 1 atom stereocenters. The van der Waals surface area contributed by atoms with Crippen molar-refractivity contribution in [2.24, 2.45) is 5.73 Å². The number of amides is 1. The van der Waals surface area contributed by atoms with Gasteiger partial charge in [-0.1, -0.05) is 11.6 Å². The van der Waals surface area contributed by atoms with Gasteiger partial charge in [-0.05, 0) is 12.1 Å². The summed E-state index contributed by atoms with van der Waals surface area (Å²) in [7, 11) is 1.41. The summed E-state index contributed by atoms with van der Waals surface area (Å²) in [5.41, 5.74) is 5.49. The Morgan fingerprint density at radius 3 is 2.68 bits per heavy atom. The molecule has 0 saturated carbocycles. The second-order valence-corrected chi connectivity index (χ2v) is 4.83. The highest BCUT2D eigenvalue weighted by Gasteiger charge is 2.29. The van der Waals surface area contributed by atoms with Crippen molar-refractivity contribution in [3.05, 3.63) is 23.2 Å². The maximum absolute atomic E-state index is 12.2. The number of alkyl halides is 3. The van der Waals surface area contributed by atoms with Crippen LogP contribution in [0, 0.1) is 0 Å². The lowest BCUT2D eigenvalue weighted by Gasteiger charge is -2.16. The minimum atomic E-state index is -4.50. The van der Waals surface area contributed by atoms with Gasteiger partial charge in [0.15, 0.2) is 6.61 Å². The lowest BCUT2D eigenvalue weighted by atomic mass is 10.2. The first-order chi connectivity index (χ1) is 10.2. The minimum absolute atomic E-state index is 0.0334. The van der Waals surface area contributed by atoms with Crippen LogP contribution in [-0.4, -0.2) is 38.4 Å². The van der Waals surface area contributed by atoms with Gasteiger partial charge in [0.25, 0.3) is 0 Å². The number of nitrogens with one attached hydrogen (secondary N) is 1. The number of ether oxygens (including phenoxy) is 2. The minimum Gasteiger partial charge on any atom is -0.482 e. The van der Waals surface area contributed by atoms with Gasteiger partial charge in [0.05, 0.1) is 18.2 Å². The maximum Gasteiger partial charge on any atom is 0.422 e. The summed E-state index contributed by atoms with van der Waals surface area (Å²) in [6.45, 7) is -1.35. The van der Waals surface area contributed by atoms with Gasteiger partial charge in [-0.25, -0.2) is 0 Å². The number of rotatable bonds is 7. The van der Waals surface area contributed by atoms with Crippen LogP contribution in [0.15, 0.2) is 18.2 Å². The van der Waals surface area contributed by atoms with Crippen molar-refractivity contribution in [3.63, 3.8) is 0 Å². The van der Waals surface area contributed by atoms with Gasteiger partial charge in [0.1, 0.15) is 5.75 Å². The van der Waals surface area contributed by atoms with Gasteiger partial charge in [-0.15, -0.1) is 0 Å². The summed E-state index contributed by atoms with van der Waals surface area (Å²) in [6.07, 6.45) is -5.01. The molecule has 0 aliphatic heterocycles. The van der Waals surface area contributed by atoms with Crippen LogP contribution in [-0.2, 0) is 9.53 Å². The van der Waals surface area contributed by atoms with Crippen LogP contribution < -0.4 is 15.8 Å². The largest absolute Gasteiger partial charge is 0.482 e. The van der Waals surface area contributed by atoms with E-state index in [1.165, 1.54) is 25.3 Å². The molecule has 0 aliphatic rings. The Balaban J connectivity index is 2.79. The topological polar surface area (TPSA) is 73.6 Å². The van der Waals surface area contributed by atoms with Crippen molar-refractivity contribution < 1.29 is 27.4 Å². The number of benzene rings is 1. The number of methoxy groups -OCH3 is 1. The van der Waals surface area contributed by atoms with Crippen LogP contribution in [0.4, 0.5) is 18.9 Å². The molecular weight excluding hydrogens is 325 g/mol. The molecule has 0 bridgehead atoms. The van der Waals surface area contributed by atoms with Gasteiger partial charge in [0, 0.05) is 24.7 Å². The predicted molar refractivity (Wildman–Crippen MR) is 76.1 cm³/mol. The van der Waals surface area contributed by atoms with Gasteiger partial charge in [-0.2, -0.15) is 13.2 Å². The Morgan fingerprint density at radius 2 is 2.14 bits per heavy atom. The lowest BCUT2D eigenvalue weighted by Crippen LogP contribution is -2.28. The molecule has 9 heteroatoms. The first kappa shape index (κ1) is 18.5. The van der Waals surface area contributed by atoms with Gasteiger partial charge >= 0.3 is 6.18 Å². The molecule has 0 aromatic heterocycles. The van der Waals surface area contributed by atoms with E-state index in [4.69, 9.17) is 22.1 Å². The Morgan fingerprint density at radius 1 is 1.45 bits per heavy atom. The fraction of sp³-hybridized carbons (Fsp3) is 0.462. The van der Waals surface area contributed by atoms with E-state index in [1.54, 1.807) is 0 Å². The van der Waals surface area contributed by atoms with Crippen molar-refractivity contribution in [2.45, 2.75) is 18.7 Å². The second-order valence-electron chi connectivity index (χ2n) is 4.39. The summed E-state index contributed by atoms with van der Waals surface area (Å²) in [6, 6.07) is 3.98. The fourth-order valence-electron chi connectivity index (χ4n) is 1.55. The molecule has 124 valence electrons. The van der Waals surface area contributed by atoms with Crippen LogP contribution in [0.2, 0.25) is 5.02 Å². The third kappa shape index (κ3) is 6.50. The van der Waals surface area contributed by atoms with E-state index in [9.17, 15) is 18.0 Å². The Labute approximate surface area is 130 Å². The molecule has 5 nitrogen and oxygen atoms in total. The zero-order valence-electron chi connectivity index (χ0n) is 11.7. The molecule has 1 amide bonds. The van der Waals surface area contributed by atoms with Crippen LogP contribution in [0.3, 0.4) is 0 Å². The van der Waals surface area contributed by atoms with Crippen LogP contribution in [0.25, 0.3) is 0 Å². The normalized spacial score (nSPS) is 12.8. The van der Waals surface area contributed by atoms with E-state index >= 15 is 0 Å². The number of hydrogen-bond donors (Lipinski definition) is 2. The molecule has 1 rings (SSSR count). The third-order valence-electron chi connectivity index (χ3n) is 2.62. The summed E-state index contributed by atoms with van der Waals surface area (Å²) in [5.74, 6) is -0.628. The summed E-state index contributed by atoms with van der Waals surface area (Å²) in [4.78, 5) is 11.8. The molecule has 1 aromatic carbocycles. The summed E-state index contributed by atoms with van der Waals surface area (Å²) >= 11 is 5.72. The standard InChI is InChI=1S/C13H16ClF3N2O3/c1-21-9(6-18)5-12(20)19-10-3-2-8(14)4-11(10)22-7-13(15,16)17/h2-4,9H,5-7,18H2,1H3,(H,19,20). The summed E-state index contributed by atoms with van der Waals surface area (Å²) < 4.78 is 46.3. The predicted octanol–water partition coefficient (Wildman–Crippen LogP) is 2.58. The Bertz CT molecular complexity index is 508. The average molecular weight is 341 g/mol. The number of halogens is 4. The number of carbonyl (C=O) groups is 1. The monoisotopic (exact) mass is 340 g/mol. The molecule has 3 N–H and O–H groups in total. The number of nitrogens with two attached hydrogens (primary N) is 1. The maximum atomic E-state index is 12.2.